The molecule has 2 saturated heterocycles. The zero-order valence-electron chi connectivity index (χ0n) is 9.42. The summed E-state index contributed by atoms with van der Waals surface area (Å²) in [5.74, 6) is 0.949. The molecular weight excluding hydrogens is 172 g/mol. The van der Waals surface area contributed by atoms with Gasteiger partial charge < -0.3 is 9.80 Å². The molecule has 0 bridgehead atoms. The molecule has 0 aromatic rings. The van der Waals surface area contributed by atoms with Gasteiger partial charge in [-0.05, 0) is 58.9 Å². The highest BCUT2D eigenvalue weighted by Gasteiger charge is 2.13. The molecule has 0 N–H and O–H groups in total. The molecule has 2 heterocycles. The van der Waals surface area contributed by atoms with E-state index in [1.54, 1.807) is 0 Å². The van der Waals surface area contributed by atoms with Gasteiger partial charge in [-0.1, -0.05) is 14.4 Å². The van der Waals surface area contributed by atoms with E-state index in [1.807, 2.05) is 0 Å². The summed E-state index contributed by atoms with van der Waals surface area (Å²) in [6, 6.07) is 0. The van der Waals surface area contributed by atoms with E-state index < -0.39 is 0 Å². The molecule has 2 aliphatic rings. The van der Waals surface area contributed by atoms with Gasteiger partial charge in [0, 0.05) is 6.54 Å². The molecule has 1 unspecified atom stereocenters. The van der Waals surface area contributed by atoms with Crippen molar-refractivity contribution in [1.82, 2.24) is 9.80 Å². The van der Waals surface area contributed by atoms with Crippen LogP contribution >= 0.6 is 0 Å². The van der Waals surface area contributed by atoms with Crippen LogP contribution in [-0.2, 0) is 0 Å². The van der Waals surface area contributed by atoms with Crippen molar-refractivity contribution in [3.05, 3.63) is 0 Å². The van der Waals surface area contributed by atoms with Gasteiger partial charge in [0.05, 0.1) is 0 Å². The Labute approximate surface area is 90.3 Å². The van der Waals surface area contributed by atoms with Gasteiger partial charge in [-0.15, -0.1) is 0 Å². The van der Waals surface area contributed by atoms with Crippen LogP contribution in [-0.4, -0.2) is 50.1 Å². The lowest BCUT2D eigenvalue weighted by atomic mass is 10.2. The summed E-state index contributed by atoms with van der Waals surface area (Å²) in [6.45, 7) is 7.56. The molecule has 1 atom stereocenters. The van der Waals surface area contributed by atoms with E-state index in [-0.39, 0.29) is 7.43 Å². The first-order valence-corrected chi connectivity index (χ1v) is 5.55. The van der Waals surface area contributed by atoms with Crippen LogP contribution in [0.2, 0.25) is 0 Å². The standard InChI is InChI=1S/C6H13N.C5H11N.CH4/c1-6-3-4-7(2)5-6;1-6-4-2-3-5-6;/h6H,3-5H2,1-2H3;2-5H2,1H3;1H4. The minimum atomic E-state index is 0. The molecule has 2 heteroatoms. The normalized spacial score (nSPS) is 28.1. The van der Waals surface area contributed by atoms with Crippen molar-refractivity contribution in [2.24, 2.45) is 5.92 Å². The van der Waals surface area contributed by atoms with Crippen LogP contribution in [0, 0.1) is 5.92 Å². The highest BCUT2D eigenvalue weighted by Crippen LogP contribution is 2.11. The molecule has 0 aliphatic carbocycles. The smallest absolute Gasteiger partial charge is 0.000445 e. The van der Waals surface area contributed by atoms with Crippen molar-refractivity contribution in [1.29, 1.82) is 0 Å². The second-order valence-electron chi connectivity index (χ2n) is 4.67. The maximum atomic E-state index is 2.38. The van der Waals surface area contributed by atoms with Gasteiger partial charge in [0.2, 0.25) is 0 Å². The average Bonchev–Trinajstić information content (AvgIpc) is 2.64. The lowest BCUT2D eigenvalue weighted by Crippen LogP contribution is -2.12. The van der Waals surface area contributed by atoms with Crippen LogP contribution in [0.25, 0.3) is 0 Å². The second kappa shape index (κ2) is 7.24. The third kappa shape index (κ3) is 5.61. The molecule has 2 fully saturated rings. The Hall–Kier alpha value is -0.0800. The van der Waals surface area contributed by atoms with Crippen LogP contribution < -0.4 is 0 Å². The van der Waals surface area contributed by atoms with Gasteiger partial charge in [0.25, 0.3) is 0 Å². The molecule has 14 heavy (non-hydrogen) atoms. The summed E-state index contributed by atoms with van der Waals surface area (Å²) < 4.78 is 0. The average molecular weight is 200 g/mol. The van der Waals surface area contributed by atoms with E-state index in [4.69, 9.17) is 0 Å². The van der Waals surface area contributed by atoms with Crippen LogP contribution in [0.4, 0.5) is 0 Å². The molecule has 2 rings (SSSR count). The maximum Gasteiger partial charge on any atom is 0.000445 e. The lowest BCUT2D eigenvalue weighted by Gasteiger charge is -2.03. The monoisotopic (exact) mass is 200 g/mol. The third-order valence-corrected chi connectivity index (χ3v) is 2.96. The minimum Gasteiger partial charge on any atom is -0.306 e. The van der Waals surface area contributed by atoms with E-state index >= 15 is 0 Å². The summed E-state index contributed by atoms with van der Waals surface area (Å²) in [4.78, 5) is 4.74. The van der Waals surface area contributed by atoms with E-state index in [2.05, 4.69) is 30.8 Å². The SMILES string of the molecule is C.CC1CCN(C)C1.CN1CCCC1. The molecule has 0 spiro atoms. The van der Waals surface area contributed by atoms with Gasteiger partial charge in [-0.3, -0.25) is 0 Å². The topological polar surface area (TPSA) is 6.48 Å². The van der Waals surface area contributed by atoms with Gasteiger partial charge in [-0.25, -0.2) is 0 Å². The Balaban J connectivity index is 0.000000227. The van der Waals surface area contributed by atoms with Crippen molar-refractivity contribution in [3.63, 3.8) is 0 Å². The minimum absolute atomic E-state index is 0. The number of rotatable bonds is 0. The Morgan fingerprint density at radius 3 is 1.64 bits per heavy atom. The van der Waals surface area contributed by atoms with Gasteiger partial charge in [-0.2, -0.15) is 0 Å². The zero-order valence-corrected chi connectivity index (χ0v) is 9.42. The van der Waals surface area contributed by atoms with E-state index in [9.17, 15) is 0 Å². The van der Waals surface area contributed by atoms with E-state index in [0.717, 1.165) is 5.92 Å². The highest BCUT2D eigenvalue weighted by atomic mass is 15.1. The largest absolute Gasteiger partial charge is 0.306 e. The molecular formula is C12H28N2. The Morgan fingerprint density at radius 2 is 1.50 bits per heavy atom. The van der Waals surface area contributed by atoms with Gasteiger partial charge in [0.15, 0.2) is 0 Å². The van der Waals surface area contributed by atoms with E-state index in [1.165, 1.54) is 45.4 Å². The molecule has 0 amide bonds. The summed E-state index contributed by atoms with van der Waals surface area (Å²) >= 11 is 0. The van der Waals surface area contributed by atoms with Gasteiger partial charge >= 0.3 is 0 Å². The first-order chi connectivity index (χ1) is 6.18. The summed E-state index contributed by atoms with van der Waals surface area (Å²) in [7, 11) is 4.36. The lowest BCUT2D eigenvalue weighted by molar-refractivity contribution is 0.402. The first-order valence-electron chi connectivity index (χ1n) is 5.55. The molecule has 86 valence electrons. The highest BCUT2D eigenvalue weighted by molar-refractivity contribution is 4.67. The maximum absolute atomic E-state index is 2.38. The fourth-order valence-electron chi connectivity index (χ4n) is 2.03. The van der Waals surface area contributed by atoms with Gasteiger partial charge in [0.1, 0.15) is 0 Å². The Kier molecular flexibility index (Phi) is 7.20. The Bertz CT molecular complexity index is 122. The van der Waals surface area contributed by atoms with Crippen LogP contribution in [0.15, 0.2) is 0 Å². The molecule has 0 aromatic heterocycles. The third-order valence-electron chi connectivity index (χ3n) is 2.96. The van der Waals surface area contributed by atoms with Crippen LogP contribution in [0.3, 0.4) is 0 Å². The summed E-state index contributed by atoms with van der Waals surface area (Å²) in [5, 5.41) is 0. The van der Waals surface area contributed by atoms with E-state index in [0.29, 0.717) is 0 Å². The van der Waals surface area contributed by atoms with Crippen molar-refractivity contribution in [2.75, 3.05) is 40.3 Å². The Morgan fingerprint density at radius 1 is 0.929 bits per heavy atom. The van der Waals surface area contributed by atoms with Crippen molar-refractivity contribution < 1.29 is 0 Å². The van der Waals surface area contributed by atoms with Crippen molar-refractivity contribution >= 4 is 0 Å². The van der Waals surface area contributed by atoms with Crippen molar-refractivity contribution in [3.8, 4) is 0 Å². The quantitative estimate of drug-likeness (QED) is 0.592. The number of likely N-dealkylation sites (tertiary alicyclic amines) is 2. The molecule has 0 aromatic carbocycles. The van der Waals surface area contributed by atoms with Crippen molar-refractivity contribution in [2.45, 2.75) is 33.6 Å². The molecule has 0 saturated carbocycles. The molecule has 2 nitrogen and oxygen atoms in total. The first kappa shape index (κ1) is 13.9. The predicted molar refractivity (Wildman–Crippen MR) is 64.7 cm³/mol. The van der Waals surface area contributed by atoms with Crippen LogP contribution in [0.5, 0.6) is 0 Å². The molecule has 0 radical (unpaired) electrons. The number of hydrogen-bond donors (Lipinski definition) is 0. The fourth-order valence-corrected chi connectivity index (χ4v) is 2.03. The number of nitrogens with zero attached hydrogens (tertiary/aromatic N) is 2. The molecule has 2 aliphatic heterocycles. The van der Waals surface area contributed by atoms with Crippen LogP contribution in [0.1, 0.15) is 33.6 Å². The summed E-state index contributed by atoms with van der Waals surface area (Å²) in [5.41, 5.74) is 0. The predicted octanol–water partition coefficient (Wildman–Crippen LogP) is 2.31. The number of hydrogen-bond acceptors (Lipinski definition) is 2. The zero-order chi connectivity index (χ0) is 9.68. The summed E-state index contributed by atoms with van der Waals surface area (Å²) in [6.07, 6.45) is 4.23. The fraction of sp³-hybridized carbons (Fsp3) is 1.00. The second-order valence-corrected chi connectivity index (χ2v) is 4.67.